The molecule has 1 aromatic rings. The highest BCUT2D eigenvalue weighted by molar-refractivity contribution is 7.87. The van der Waals surface area contributed by atoms with Crippen LogP contribution in [0.5, 0.6) is 5.75 Å². The number of benzene rings is 1. The molecule has 1 unspecified atom stereocenters. The van der Waals surface area contributed by atoms with Crippen molar-refractivity contribution in [1.29, 1.82) is 0 Å². The van der Waals surface area contributed by atoms with Crippen molar-refractivity contribution in [3.8, 4) is 17.6 Å². The van der Waals surface area contributed by atoms with Crippen LogP contribution in [0.1, 0.15) is 40.0 Å². The molecule has 0 N–H and O–H groups in total. The van der Waals surface area contributed by atoms with Gasteiger partial charge in [0.2, 0.25) is 5.91 Å². The molecule has 1 aromatic carbocycles. The quantitative estimate of drug-likeness (QED) is 0.497. The van der Waals surface area contributed by atoms with Gasteiger partial charge in [-0.3, -0.25) is 9.59 Å². The van der Waals surface area contributed by atoms with Crippen molar-refractivity contribution in [1.82, 2.24) is 4.90 Å². The van der Waals surface area contributed by atoms with Crippen LogP contribution >= 0.6 is 0 Å². The molecule has 0 bridgehead atoms. The number of likely N-dealkylation sites (tertiary alicyclic amines) is 1. The standard InChI is InChI=1S/C21H27NO6S/c1-4-6-15-27-18-7-9-19(10-8-18)29(25,26)28-21(24)20(5-2)17-11-13-22(14-12-17)16(3)23/h7-10,17,20H,5,11-15H2,1-3H3. The highest BCUT2D eigenvalue weighted by Crippen LogP contribution is 2.29. The van der Waals surface area contributed by atoms with Gasteiger partial charge in [-0.2, -0.15) is 8.42 Å². The molecule has 0 aliphatic carbocycles. The number of piperidine rings is 1. The first-order chi connectivity index (χ1) is 13.8. The number of carbonyl (C=O) groups excluding carboxylic acids is 2. The average Bonchev–Trinajstić information content (AvgIpc) is 2.69. The van der Waals surface area contributed by atoms with Crippen molar-refractivity contribution >= 4 is 22.0 Å². The van der Waals surface area contributed by atoms with E-state index >= 15 is 0 Å². The van der Waals surface area contributed by atoms with Crippen LogP contribution in [0.4, 0.5) is 0 Å². The molecular weight excluding hydrogens is 394 g/mol. The van der Waals surface area contributed by atoms with E-state index in [1.165, 1.54) is 31.2 Å². The first-order valence-electron chi connectivity index (χ1n) is 9.64. The molecular formula is C21H27NO6S. The van der Waals surface area contributed by atoms with Crippen LogP contribution in [0.15, 0.2) is 29.2 Å². The molecule has 158 valence electrons. The number of amides is 1. The summed E-state index contributed by atoms with van der Waals surface area (Å²) in [4.78, 5) is 25.7. The Hall–Kier alpha value is -2.53. The summed E-state index contributed by atoms with van der Waals surface area (Å²) >= 11 is 0. The molecule has 1 amide bonds. The molecule has 1 saturated heterocycles. The first-order valence-corrected chi connectivity index (χ1v) is 11.1. The summed E-state index contributed by atoms with van der Waals surface area (Å²) in [6.07, 6.45) is 1.78. The van der Waals surface area contributed by atoms with Gasteiger partial charge in [0.15, 0.2) is 0 Å². The van der Waals surface area contributed by atoms with Crippen LogP contribution in [0.3, 0.4) is 0 Å². The van der Waals surface area contributed by atoms with Gasteiger partial charge in [0, 0.05) is 20.0 Å². The van der Waals surface area contributed by atoms with Crippen LogP contribution < -0.4 is 4.74 Å². The topological polar surface area (TPSA) is 90.0 Å². The zero-order chi connectivity index (χ0) is 21.4. The second-order valence-corrected chi connectivity index (χ2v) is 8.45. The Morgan fingerprint density at radius 2 is 1.83 bits per heavy atom. The van der Waals surface area contributed by atoms with Gasteiger partial charge >= 0.3 is 16.1 Å². The predicted molar refractivity (Wildman–Crippen MR) is 107 cm³/mol. The SMILES string of the molecule is CC#CCOc1ccc(S(=O)(=O)OC(=O)C(CC)C2CCN(C(C)=O)CC2)cc1. The van der Waals surface area contributed by atoms with E-state index in [1.807, 2.05) is 6.92 Å². The predicted octanol–water partition coefficient (Wildman–Crippen LogP) is 2.61. The fraction of sp³-hybridized carbons (Fsp3) is 0.524. The Kier molecular flexibility index (Phi) is 8.09. The van der Waals surface area contributed by atoms with Crippen LogP contribution in [-0.2, 0) is 23.9 Å². The first kappa shape index (κ1) is 22.8. The second kappa shape index (κ2) is 10.3. The van der Waals surface area contributed by atoms with Crippen molar-refractivity contribution in [2.24, 2.45) is 11.8 Å². The molecule has 7 nitrogen and oxygen atoms in total. The van der Waals surface area contributed by atoms with E-state index in [0.717, 1.165) is 0 Å². The fourth-order valence-electron chi connectivity index (χ4n) is 3.42. The molecule has 1 atom stereocenters. The van der Waals surface area contributed by atoms with Gasteiger partial charge in [0.25, 0.3) is 0 Å². The van der Waals surface area contributed by atoms with E-state index in [0.29, 0.717) is 38.1 Å². The lowest BCUT2D eigenvalue weighted by molar-refractivity contribution is -0.141. The molecule has 8 heteroatoms. The zero-order valence-corrected chi connectivity index (χ0v) is 17.8. The van der Waals surface area contributed by atoms with E-state index in [9.17, 15) is 18.0 Å². The van der Waals surface area contributed by atoms with Crippen LogP contribution in [0.2, 0.25) is 0 Å². The van der Waals surface area contributed by atoms with E-state index in [-0.39, 0.29) is 23.3 Å². The molecule has 0 saturated carbocycles. The van der Waals surface area contributed by atoms with Crippen LogP contribution in [0, 0.1) is 23.7 Å². The highest BCUT2D eigenvalue weighted by Gasteiger charge is 2.34. The van der Waals surface area contributed by atoms with Gasteiger partial charge in [0.05, 0.1) is 5.92 Å². The summed E-state index contributed by atoms with van der Waals surface area (Å²) in [5.41, 5.74) is 0. The minimum Gasteiger partial charge on any atom is -0.481 e. The van der Waals surface area contributed by atoms with Crippen LogP contribution in [-0.4, -0.2) is 44.9 Å². The lowest BCUT2D eigenvalue weighted by Gasteiger charge is -2.34. The van der Waals surface area contributed by atoms with Crippen LogP contribution in [0.25, 0.3) is 0 Å². The number of ether oxygens (including phenoxy) is 1. The fourth-order valence-corrected chi connectivity index (χ4v) is 4.33. The third-order valence-corrected chi connectivity index (χ3v) is 6.32. The summed E-state index contributed by atoms with van der Waals surface area (Å²) < 4.78 is 35.3. The maximum Gasteiger partial charge on any atom is 0.341 e. The van der Waals surface area contributed by atoms with Gasteiger partial charge in [0.1, 0.15) is 17.3 Å². The molecule has 1 heterocycles. The van der Waals surface area contributed by atoms with Crippen molar-refractivity contribution in [3.05, 3.63) is 24.3 Å². The number of hydrogen-bond acceptors (Lipinski definition) is 6. The normalized spacial score (nSPS) is 15.8. The van der Waals surface area contributed by atoms with Gasteiger partial charge in [-0.05, 0) is 56.4 Å². The molecule has 29 heavy (non-hydrogen) atoms. The highest BCUT2D eigenvalue weighted by atomic mass is 32.2. The third kappa shape index (κ3) is 6.23. The van der Waals surface area contributed by atoms with E-state index in [1.54, 1.807) is 11.8 Å². The number of hydrogen-bond donors (Lipinski definition) is 0. The summed E-state index contributed by atoms with van der Waals surface area (Å²) in [6.45, 7) is 6.40. The molecule has 2 rings (SSSR count). The number of rotatable bonds is 7. The maximum absolute atomic E-state index is 12.6. The summed E-state index contributed by atoms with van der Waals surface area (Å²) in [5.74, 6) is 4.66. The average molecular weight is 422 g/mol. The Morgan fingerprint density at radius 3 is 2.34 bits per heavy atom. The van der Waals surface area contributed by atoms with E-state index in [4.69, 9.17) is 8.92 Å². The molecule has 0 radical (unpaired) electrons. The Bertz CT molecular complexity index is 874. The van der Waals surface area contributed by atoms with Crippen molar-refractivity contribution in [3.63, 3.8) is 0 Å². The van der Waals surface area contributed by atoms with Crippen molar-refractivity contribution in [2.75, 3.05) is 19.7 Å². The zero-order valence-electron chi connectivity index (χ0n) is 17.0. The third-order valence-electron chi connectivity index (χ3n) is 5.09. The largest absolute Gasteiger partial charge is 0.481 e. The molecule has 1 aliphatic rings. The monoisotopic (exact) mass is 421 g/mol. The molecule has 1 aliphatic heterocycles. The van der Waals surface area contributed by atoms with Gasteiger partial charge in [-0.25, -0.2) is 0 Å². The summed E-state index contributed by atoms with van der Waals surface area (Å²) in [7, 11) is -4.22. The lowest BCUT2D eigenvalue weighted by Crippen LogP contribution is -2.40. The van der Waals surface area contributed by atoms with E-state index in [2.05, 4.69) is 11.8 Å². The van der Waals surface area contributed by atoms with Gasteiger partial charge in [-0.1, -0.05) is 12.8 Å². The second-order valence-electron chi connectivity index (χ2n) is 6.90. The lowest BCUT2D eigenvalue weighted by atomic mass is 9.83. The smallest absolute Gasteiger partial charge is 0.341 e. The summed E-state index contributed by atoms with van der Waals surface area (Å²) in [6, 6.07) is 5.66. The Labute approximate surface area is 172 Å². The van der Waals surface area contributed by atoms with Gasteiger partial charge in [-0.15, -0.1) is 5.92 Å². The molecule has 1 fully saturated rings. The van der Waals surface area contributed by atoms with Crippen molar-refractivity contribution < 1.29 is 26.9 Å². The minimum atomic E-state index is -4.22. The molecule has 0 aromatic heterocycles. The Balaban J connectivity index is 2.01. The number of carbonyl (C=O) groups is 2. The Morgan fingerprint density at radius 1 is 1.21 bits per heavy atom. The number of nitrogens with zero attached hydrogens (tertiary/aromatic N) is 1. The van der Waals surface area contributed by atoms with Gasteiger partial charge < -0.3 is 13.8 Å². The van der Waals surface area contributed by atoms with Crippen molar-refractivity contribution in [2.45, 2.75) is 44.9 Å². The summed E-state index contributed by atoms with van der Waals surface area (Å²) in [5, 5.41) is 0. The minimum absolute atomic E-state index is 0.00579. The maximum atomic E-state index is 12.6. The molecule has 0 spiro atoms. The van der Waals surface area contributed by atoms with E-state index < -0.39 is 22.0 Å².